The summed E-state index contributed by atoms with van der Waals surface area (Å²) in [4.78, 5) is 0. The fourth-order valence-corrected chi connectivity index (χ4v) is 3.18. The summed E-state index contributed by atoms with van der Waals surface area (Å²) in [5.74, 6) is -0.216. The second-order valence-electron chi connectivity index (χ2n) is 4.87. The fourth-order valence-electron chi connectivity index (χ4n) is 1.91. The molecule has 2 aromatic rings. The van der Waals surface area contributed by atoms with Gasteiger partial charge in [-0.2, -0.15) is 8.42 Å². The number of hydrogen-bond acceptors (Lipinski definition) is 6. The molecule has 0 atom stereocenters. The lowest BCUT2D eigenvalue weighted by Crippen LogP contribution is -2.31. The highest BCUT2D eigenvalue weighted by Crippen LogP contribution is 2.20. The SMILES string of the molecule is CNc1ccc(N=Nc2scc[n+]2CCCCS(=O)(=O)O)cc1. The molecule has 23 heavy (non-hydrogen) atoms. The van der Waals surface area contributed by atoms with Crippen LogP contribution >= 0.6 is 11.3 Å². The molecule has 0 aliphatic heterocycles. The summed E-state index contributed by atoms with van der Waals surface area (Å²) in [7, 11) is -2.03. The average Bonchev–Trinajstić information content (AvgIpc) is 2.96. The summed E-state index contributed by atoms with van der Waals surface area (Å²) in [5, 5.41) is 14.1. The number of hydrogen-bond donors (Lipinski definition) is 2. The van der Waals surface area contributed by atoms with Crippen molar-refractivity contribution < 1.29 is 17.5 Å². The van der Waals surface area contributed by atoms with Crippen LogP contribution in [-0.2, 0) is 16.7 Å². The maximum atomic E-state index is 10.7. The summed E-state index contributed by atoms with van der Waals surface area (Å²) >= 11 is 1.46. The van der Waals surface area contributed by atoms with Crippen LogP contribution < -0.4 is 9.88 Å². The summed E-state index contributed by atoms with van der Waals surface area (Å²) in [6.45, 7) is 0.631. The number of nitrogens with zero attached hydrogens (tertiary/aromatic N) is 3. The molecule has 1 aromatic carbocycles. The quantitative estimate of drug-likeness (QED) is 0.329. The minimum absolute atomic E-state index is 0.216. The van der Waals surface area contributed by atoms with E-state index in [9.17, 15) is 8.42 Å². The Bertz CT molecular complexity index is 755. The molecule has 2 rings (SSSR count). The number of unbranched alkanes of at least 4 members (excludes halogenated alkanes) is 1. The molecule has 0 aliphatic carbocycles. The number of aromatic nitrogens is 1. The number of aryl methyl sites for hydroxylation is 1. The third-order valence-corrected chi connectivity index (χ3v) is 4.71. The Morgan fingerprint density at radius 2 is 1.96 bits per heavy atom. The summed E-state index contributed by atoms with van der Waals surface area (Å²) in [5.41, 5.74) is 1.77. The Hall–Kier alpha value is -1.84. The van der Waals surface area contributed by atoms with Gasteiger partial charge in [0.05, 0.1) is 17.4 Å². The lowest BCUT2D eigenvalue weighted by Gasteiger charge is -1.98. The third kappa shape index (κ3) is 6.05. The number of thiazole rings is 1. The largest absolute Gasteiger partial charge is 0.408 e. The van der Waals surface area contributed by atoms with Crippen LogP contribution in [0.15, 0.2) is 46.1 Å². The van der Waals surface area contributed by atoms with Crippen molar-refractivity contribution in [1.29, 1.82) is 0 Å². The van der Waals surface area contributed by atoms with Gasteiger partial charge in [-0.1, -0.05) is 0 Å². The van der Waals surface area contributed by atoms with Crippen LogP contribution in [0.1, 0.15) is 12.8 Å². The highest BCUT2D eigenvalue weighted by molar-refractivity contribution is 7.85. The van der Waals surface area contributed by atoms with Crippen molar-refractivity contribution in [1.82, 2.24) is 0 Å². The van der Waals surface area contributed by atoms with Gasteiger partial charge >= 0.3 is 5.13 Å². The standard InChI is InChI=1S/C14H18N4O3S2/c1-15-12-4-6-13(7-5-12)16-17-14-18(9-10-22-14)8-2-3-11-23(19,20)21/h4-7,9-10H,2-3,8,11H2,1H3,(H,19,20,21)/p+1. The molecule has 0 saturated carbocycles. The molecule has 0 aliphatic rings. The van der Waals surface area contributed by atoms with E-state index in [1.807, 2.05) is 47.5 Å². The van der Waals surface area contributed by atoms with E-state index in [-0.39, 0.29) is 5.75 Å². The maximum absolute atomic E-state index is 10.7. The van der Waals surface area contributed by atoms with E-state index >= 15 is 0 Å². The summed E-state index contributed by atoms with van der Waals surface area (Å²) in [6, 6.07) is 7.59. The summed E-state index contributed by atoms with van der Waals surface area (Å²) in [6.07, 6.45) is 2.93. The third-order valence-electron chi connectivity index (χ3n) is 3.12. The second-order valence-corrected chi connectivity index (χ2v) is 7.31. The smallest absolute Gasteiger partial charge is 0.388 e. The molecule has 9 heteroatoms. The van der Waals surface area contributed by atoms with Crippen molar-refractivity contribution in [3.63, 3.8) is 0 Å². The molecule has 0 amide bonds. The second kappa shape index (κ2) is 8.14. The molecular weight excluding hydrogens is 336 g/mol. The first-order valence-corrected chi connectivity index (χ1v) is 9.58. The van der Waals surface area contributed by atoms with Gasteiger partial charge in [0, 0.05) is 18.1 Å². The Morgan fingerprint density at radius 1 is 1.22 bits per heavy atom. The number of azo groups is 1. The van der Waals surface area contributed by atoms with Gasteiger partial charge in [0.25, 0.3) is 10.1 Å². The van der Waals surface area contributed by atoms with Gasteiger partial charge in [-0.3, -0.25) is 4.55 Å². The first kappa shape index (κ1) is 17.5. The normalized spacial score (nSPS) is 11.9. The number of nitrogens with one attached hydrogen (secondary N) is 1. The van der Waals surface area contributed by atoms with Crippen LogP contribution in [0.3, 0.4) is 0 Å². The van der Waals surface area contributed by atoms with Gasteiger partial charge in [0.2, 0.25) is 0 Å². The van der Waals surface area contributed by atoms with E-state index in [1.165, 1.54) is 11.3 Å². The molecule has 0 radical (unpaired) electrons. The number of rotatable bonds is 8. The molecule has 0 fully saturated rings. The predicted molar refractivity (Wildman–Crippen MR) is 90.3 cm³/mol. The van der Waals surface area contributed by atoms with Gasteiger partial charge in [-0.15, -0.1) is 0 Å². The Balaban J connectivity index is 1.93. The van der Waals surface area contributed by atoms with Crippen molar-refractivity contribution in [2.45, 2.75) is 19.4 Å². The van der Waals surface area contributed by atoms with Crippen LogP contribution in [0.4, 0.5) is 16.5 Å². The predicted octanol–water partition coefficient (Wildman–Crippen LogP) is 3.16. The zero-order valence-electron chi connectivity index (χ0n) is 12.7. The van der Waals surface area contributed by atoms with Gasteiger partial charge in [-0.25, -0.2) is 4.57 Å². The van der Waals surface area contributed by atoms with E-state index in [2.05, 4.69) is 15.5 Å². The molecule has 1 aromatic heterocycles. The zero-order chi connectivity index (χ0) is 16.7. The zero-order valence-corrected chi connectivity index (χ0v) is 14.3. The highest BCUT2D eigenvalue weighted by atomic mass is 32.2. The molecular formula is C14H19N4O3S2+. The Labute approximate surface area is 139 Å². The van der Waals surface area contributed by atoms with Crippen molar-refractivity contribution in [3.05, 3.63) is 35.8 Å². The molecule has 124 valence electrons. The van der Waals surface area contributed by atoms with Crippen LogP contribution in [0.5, 0.6) is 0 Å². The average molecular weight is 355 g/mol. The van der Waals surface area contributed by atoms with Crippen LogP contribution in [0, 0.1) is 0 Å². The summed E-state index contributed by atoms with van der Waals surface area (Å²) < 4.78 is 32.0. The van der Waals surface area contributed by atoms with E-state index in [1.54, 1.807) is 0 Å². The molecule has 0 bridgehead atoms. The fraction of sp³-hybridized carbons (Fsp3) is 0.357. The van der Waals surface area contributed by atoms with Crippen LogP contribution in [0.2, 0.25) is 0 Å². The monoisotopic (exact) mass is 355 g/mol. The lowest BCUT2D eigenvalue weighted by atomic mass is 10.3. The van der Waals surface area contributed by atoms with Crippen LogP contribution in [0.25, 0.3) is 0 Å². The minimum atomic E-state index is -3.88. The minimum Gasteiger partial charge on any atom is -0.388 e. The molecule has 0 spiro atoms. The molecule has 2 N–H and O–H groups in total. The number of anilines is 1. The highest BCUT2D eigenvalue weighted by Gasteiger charge is 2.12. The van der Waals surface area contributed by atoms with E-state index in [0.29, 0.717) is 19.4 Å². The van der Waals surface area contributed by atoms with E-state index in [4.69, 9.17) is 4.55 Å². The van der Waals surface area contributed by atoms with Crippen molar-refractivity contribution >= 4 is 38.0 Å². The van der Waals surface area contributed by atoms with Crippen molar-refractivity contribution in [2.24, 2.45) is 10.2 Å². The Kier molecular flexibility index (Phi) is 6.20. The number of benzene rings is 1. The molecule has 0 saturated heterocycles. The van der Waals surface area contributed by atoms with Gasteiger partial charge < -0.3 is 5.32 Å². The van der Waals surface area contributed by atoms with Gasteiger partial charge in [0.1, 0.15) is 11.9 Å². The lowest BCUT2D eigenvalue weighted by molar-refractivity contribution is -0.680. The van der Waals surface area contributed by atoms with E-state index < -0.39 is 10.1 Å². The molecule has 7 nitrogen and oxygen atoms in total. The maximum Gasteiger partial charge on any atom is 0.408 e. The van der Waals surface area contributed by atoms with E-state index in [0.717, 1.165) is 16.5 Å². The van der Waals surface area contributed by atoms with Gasteiger partial charge in [-0.05, 0) is 53.6 Å². The first-order valence-electron chi connectivity index (χ1n) is 7.09. The van der Waals surface area contributed by atoms with Crippen molar-refractivity contribution in [2.75, 3.05) is 18.1 Å². The topological polar surface area (TPSA) is 95.0 Å². The molecule has 1 heterocycles. The Morgan fingerprint density at radius 3 is 2.61 bits per heavy atom. The van der Waals surface area contributed by atoms with Gasteiger partial charge in [0.15, 0.2) is 0 Å². The van der Waals surface area contributed by atoms with Crippen LogP contribution in [-0.4, -0.2) is 25.8 Å². The van der Waals surface area contributed by atoms with Crippen molar-refractivity contribution in [3.8, 4) is 0 Å². The molecule has 0 unspecified atom stereocenters. The first-order chi connectivity index (χ1) is 11.0.